The van der Waals surface area contributed by atoms with Crippen LogP contribution in [0.25, 0.3) is 11.0 Å². The van der Waals surface area contributed by atoms with Gasteiger partial charge in [0, 0.05) is 26.3 Å². The smallest absolute Gasteiger partial charge is 0.280 e. The SMILES string of the molecule is Cn1c(=O)c2c(SCc3ccccc3)nc(CC(C)(C)C)nc2n(C)c1=O. The normalized spacial score (nSPS) is 11.9. The Kier molecular flexibility index (Phi) is 5.24. The lowest BCUT2D eigenvalue weighted by molar-refractivity contribution is 0.399. The van der Waals surface area contributed by atoms with Crippen LogP contribution >= 0.6 is 11.8 Å². The first-order valence-corrected chi connectivity index (χ1v) is 9.79. The van der Waals surface area contributed by atoms with Crippen molar-refractivity contribution in [2.45, 2.75) is 38.0 Å². The average molecular weight is 385 g/mol. The molecule has 0 bridgehead atoms. The number of aromatic nitrogens is 4. The van der Waals surface area contributed by atoms with E-state index in [9.17, 15) is 9.59 Å². The van der Waals surface area contributed by atoms with E-state index in [-0.39, 0.29) is 16.7 Å². The Bertz CT molecular complexity index is 1100. The zero-order valence-corrected chi connectivity index (χ0v) is 17.1. The Balaban J connectivity index is 2.19. The van der Waals surface area contributed by atoms with E-state index in [4.69, 9.17) is 4.98 Å². The van der Waals surface area contributed by atoms with E-state index in [1.54, 1.807) is 7.05 Å². The molecule has 0 spiro atoms. The average Bonchev–Trinajstić information content (AvgIpc) is 2.62. The molecule has 0 aliphatic heterocycles. The minimum absolute atomic E-state index is 0.00630. The zero-order chi connectivity index (χ0) is 19.8. The van der Waals surface area contributed by atoms with Crippen LogP contribution in [0.2, 0.25) is 0 Å². The second-order valence-corrected chi connectivity index (χ2v) is 8.83. The number of thioether (sulfide) groups is 1. The molecule has 0 fully saturated rings. The van der Waals surface area contributed by atoms with Crippen LogP contribution < -0.4 is 11.2 Å². The molecule has 0 saturated carbocycles. The van der Waals surface area contributed by atoms with Gasteiger partial charge in [0.05, 0.1) is 0 Å². The number of benzene rings is 1. The molecule has 0 aliphatic carbocycles. The molecule has 0 saturated heterocycles. The highest BCUT2D eigenvalue weighted by atomic mass is 32.2. The lowest BCUT2D eigenvalue weighted by Crippen LogP contribution is -2.38. The molecular formula is C20H24N4O2S. The van der Waals surface area contributed by atoms with Crippen molar-refractivity contribution >= 4 is 22.8 Å². The summed E-state index contributed by atoms with van der Waals surface area (Å²) < 4.78 is 2.54. The van der Waals surface area contributed by atoms with Crippen LogP contribution in [0.4, 0.5) is 0 Å². The molecule has 142 valence electrons. The fourth-order valence-electron chi connectivity index (χ4n) is 2.86. The zero-order valence-electron chi connectivity index (χ0n) is 16.3. The van der Waals surface area contributed by atoms with Crippen molar-refractivity contribution in [3.8, 4) is 0 Å². The molecule has 7 heteroatoms. The molecule has 0 N–H and O–H groups in total. The van der Waals surface area contributed by atoms with Crippen molar-refractivity contribution in [1.82, 2.24) is 19.1 Å². The first kappa shape index (κ1) is 19.4. The number of fused-ring (bicyclic) bond motifs is 1. The van der Waals surface area contributed by atoms with Gasteiger partial charge >= 0.3 is 5.69 Å². The van der Waals surface area contributed by atoms with Gasteiger partial charge in [0.25, 0.3) is 5.56 Å². The van der Waals surface area contributed by atoms with Crippen molar-refractivity contribution < 1.29 is 0 Å². The van der Waals surface area contributed by atoms with Gasteiger partial charge in [-0.15, -0.1) is 11.8 Å². The summed E-state index contributed by atoms with van der Waals surface area (Å²) in [6, 6.07) is 10.0. The number of hydrogen-bond donors (Lipinski definition) is 0. The Hall–Kier alpha value is -2.41. The largest absolute Gasteiger partial charge is 0.332 e. The van der Waals surface area contributed by atoms with Gasteiger partial charge in [-0.3, -0.25) is 13.9 Å². The first-order chi connectivity index (χ1) is 12.7. The van der Waals surface area contributed by atoms with Gasteiger partial charge in [-0.05, 0) is 11.0 Å². The van der Waals surface area contributed by atoms with E-state index in [2.05, 4.69) is 25.8 Å². The van der Waals surface area contributed by atoms with Crippen molar-refractivity contribution in [2.75, 3.05) is 0 Å². The predicted molar refractivity (Wildman–Crippen MR) is 109 cm³/mol. The van der Waals surface area contributed by atoms with Gasteiger partial charge in [-0.1, -0.05) is 51.1 Å². The van der Waals surface area contributed by atoms with Gasteiger partial charge in [0.15, 0.2) is 5.65 Å². The number of nitrogens with zero attached hydrogens (tertiary/aromatic N) is 4. The molecule has 2 aromatic heterocycles. The molecule has 27 heavy (non-hydrogen) atoms. The molecule has 6 nitrogen and oxygen atoms in total. The summed E-state index contributed by atoms with van der Waals surface area (Å²) in [7, 11) is 3.13. The summed E-state index contributed by atoms with van der Waals surface area (Å²) in [4.78, 5) is 34.4. The third kappa shape index (κ3) is 4.13. The minimum atomic E-state index is -0.382. The Morgan fingerprint density at radius 1 is 1.00 bits per heavy atom. The third-order valence-electron chi connectivity index (χ3n) is 4.22. The fourth-order valence-corrected chi connectivity index (χ4v) is 3.84. The van der Waals surface area contributed by atoms with Gasteiger partial charge in [-0.2, -0.15) is 0 Å². The standard InChI is InChI=1S/C20H24N4O2S/c1-20(2,3)11-14-21-16-15(18(25)24(5)19(26)23(16)4)17(22-14)27-12-13-9-7-6-8-10-13/h6-10H,11-12H2,1-5H3. The highest BCUT2D eigenvalue weighted by Gasteiger charge is 2.20. The third-order valence-corrected chi connectivity index (χ3v) is 5.27. The maximum absolute atomic E-state index is 12.8. The first-order valence-electron chi connectivity index (χ1n) is 8.81. The molecule has 0 amide bonds. The molecule has 2 heterocycles. The minimum Gasteiger partial charge on any atom is -0.280 e. The van der Waals surface area contributed by atoms with Gasteiger partial charge in [-0.25, -0.2) is 14.8 Å². The second-order valence-electron chi connectivity index (χ2n) is 7.86. The maximum atomic E-state index is 12.8. The highest BCUT2D eigenvalue weighted by Crippen LogP contribution is 2.27. The van der Waals surface area contributed by atoms with E-state index >= 15 is 0 Å². The molecular weight excluding hydrogens is 360 g/mol. The Labute approximate surface area is 162 Å². The van der Waals surface area contributed by atoms with Crippen LogP contribution in [0.15, 0.2) is 44.9 Å². The highest BCUT2D eigenvalue weighted by molar-refractivity contribution is 7.98. The number of aryl methyl sites for hydroxylation is 1. The quantitative estimate of drug-likeness (QED) is 0.511. The summed E-state index contributed by atoms with van der Waals surface area (Å²) in [5, 5.41) is 1.03. The Morgan fingerprint density at radius 2 is 1.67 bits per heavy atom. The van der Waals surface area contributed by atoms with E-state index in [0.29, 0.717) is 34.1 Å². The van der Waals surface area contributed by atoms with Crippen LogP contribution in [0.1, 0.15) is 32.2 Å². The van der Waals surface area contributed by atoms with Gasteiger partial charge in [0.1, 0.15) is 16.2 Å². The van der Waals surface area contributed by atoms with Crippen molar-refractivity contribution in [3.63, 3.8) is 0 Å². The van der Waals surface area contributed by atoms with Crippen LogP contribution in [0.3, 0.4) is 0 Å². The summed E-state index contributed by atoms with van der Waals surface area (Å²) in [5.41, 5.74) is 0.798. The summed E-state index contributed by atoms with van der Waals surface area (Å²) >= 11 is 1.50. The monoisotopic (exact) mass is 384 g/mol. The predicted octanol–water partition coefficient (Wildman–Crippen LogP) is 2.91. The molecule has 0 unspecified atom stereocenters. The van der Waals surface area contributed by atoms with Crippen LogP contribution in [-0.4, -0.2) is 19.1 Å². The van der Waals surface area contributed by atoms with Gasteiger partial charge in [0.2, 0.25) is 0 Å². The molecule has 3 rings (SSSR count). The van der Waals surface area contributed by atoms with Crippen molar-refractivity contribution in [1.29, 1.82) is 0 Å². The second kappa shape index (κ2) is 7.31. The topological polar surface area (TPSA) is 69.8 Å². The molecule has 0 aliphatic rings. The molecule has 0 radical (unpaired) electrons. The summed E-state index contributed by atoms with van der Waals surface area (Å²) in [6.45, 7) is 6.33. The van der Waals surface area contributed by atoms with Crippen molar-refractivity contribution in [3.05, 3.63) is 62.6 Å². The van der Waals surface area contributed by atoms with E-state index in [0.717, 1.165) is 10.1 Å². The van der Waals surface area contributed by atoms with Crippen LogP contribution in [0, 0.1) is 5.41 Å². The Morgan fingerprint density at radius 3 is 2.30 bits per heavy atom. The number of rotatable bonds is 4. The van der Waals surface area contributed by atoms with Crippen LogP contribution in [-0.2, 0) is 26.3 Å². The lowest BCUT2D eigenvalue weighted by Gasteiger charge is -2.18. The van der Waals surface area contributed by atoms with Crippen LogP contribution in [0.5, 0.6) is 0 Å². The van der Waals surface area contributed by atoms with Gasteiger partial charge < -0.3 is 0 Å². The molecule has 0 atom stereocenters. The molecule has 1 aromatic carbocycles. The maximum Gasteiger partial charge on any atom is 0.332 e. The fraction of sp³-hybridized carbons (Fsp3) is 0.400. The summed E-state index contributed by atoms with van der Waals surface area (Å²) in [6.07, 6.45) is 0.658. The molecule has 3 aromatic rings. The van der Waals surface area contributed by atoms with E-state index < -0.39 is 0 Å². The summed E-state index contributed by atoms with van der Waals surface area (Å²) in [5.74, 6) is 1.34. The lowest BCUT2D eigenvalue weighted by atomic mass is 9.92. The number of hydrogen-bond acceptors (Lipinski definition) is 5. The van der Waals surface area contributed by atoms with Crippen molar-refractivity contribution in [2.24, 2.45) is 19.5 Å². The van der Waals surface area contributed by atoms with E-state index in [1.807, 2.05) is 30.3 Å². The van der Waals surface area contributed by atoms with E-state index in [1.165, 1.54) is 23.4 Å².